The van der Waals surface area contributed by atoms with Crippen LogP contribution in [0.3, 0.4) is 0 Å². The summed E-state index contributed by atoms with van der Waals surface area (Å²) in [5.74, 6) is -0.155. The van der Waals surface area contributed by atoms with Crippen molar-refractivity contribution in [1.29, 1.82) is 0 Å². The van der Waals surface area contributed by atoms with Gasteiger partial charge in [0.05, 0.1) is 13.2 Å². The van der Waals surface area contributed by atoms with Gasteiger partial charge < -0.3 is 15.0 Å². The molecule has 0 aliphatic carbocycles. The number of aryl methyl sites for hydroxylation is 1. The lowest BCUT2D eigenvalue weighted by Gasteiger charge is -2.26. The fourth-order valence-corrected chi connectivity index (χ4v) is 2.96. The van der Waals surface area contributed by atoms with E-state index in [0.717, 1.165) is 12.8 Å². The number of hydrogen-bond donors (Lipinski definition) is 1. The van der Waals surface area contributed by atoms with E-state index in [0.29, 0.717) is 43.1 Å². The quantitative estimate of drug-likeness (QED) is 0.898. The molecular weight excluding hydrogens is 328 g/mol. The number of benzene rings is 2. The number of rotatable bonds is 5. The molecule has 1 N–H and O–H groups in total. The predicted octanol–water partition coefficient (Wildman–Crippen LogP) is 3.36. The minimum absolute atomic E-state index is 0.00214. The lowest BCUT2D eigenvalue weighted by molar-refractivity contribution is 0.0303. The summed E-state index contributed by atoms with van der Waals surface area (Å²) in [6.45, 7) is 4.53. The Morgan fingerprint density at radius 1 is 0.962 bits per heavy atom. The van der Waals surface area contributed by atoms with Gasteiger partial charge in [0, 0.05) is 29.9 Å². The molecule has 0 atom stereocenters. The summed E-state index contributed by atoms with van der Waals surface area (Å²) in [5, 5.41) is 2.87. The van der Waals surface area contributed by atoms with E-state index in [4.69, 9.17) is 4.74 Å². The molecule has 1 aliphatic heterocycles. The Morgan fingerprint density at radius 3 is 2.19 bits per heavy atom. The number of carbonyl (C=O) groups excluding carboxylic acids is 2. The van der Waals surface area contributed by atoms with E-state index < -0.39 is 0 Å². The molecule has 3 rings (SSSR count). The molecule has 5 nitrogen and oxygen atoms in total. The summed E-state index contributed by atoms with van der Waals surface area (Å²) >= 11 is 0. The van der Waals surface area contributed by atoms with Crippen molar-refractivity contribution in [2.75, 3.05) is 31.6 Å². The van der Waals surface area contributed by atoms with Crippen LogP contribution in [0.5, 0.6) is 0 Å². The SMILES string of the molecule is CCCc1ccc(C(=O)Nc2ccc(C(=O)N3CCOCC3)cc2)cc1. The van der Waals surface area contributed by atoms with Crippen LogP contribution in [0.4, 0.5) is 5.69 Å². The lowest BCUT2D eigenvalue weighted by Crippen LogP contribution is -2.40. The molecule has 2 amide bonds. The van der Waals surface area contributed by atoms with Gasteiger partial charge in [0.1, 0.15) is 0 Å². The first kappa shape index (κ1) is 18.1. The number of nitrogens with zero attached hydrogens (tertiary/aromatic N) is 1. The first-order chi connectivity index (χ1) is 12.7. The van der Waals surface area contributed by atoms with Gasteiger partial charge >= 0.3 is 0 Å². The summed E-state index contributed by atoms with van der Waals surface area (Å²) < 4.78 is 5.27. The van der Waals surface area contributed by atoms with E-state index in [1.54, 1.807) is 29.2 Å². The van der Waals surface area contributed by atoms with E-state index in [1.165, 1.54) is 5.56 Å². The predicted molar refractivity (Wildman–Crippen MR) is 102 cm³/mol. The summed E-state index contributed by atoms with van der Waals surface area (Å²) in [6.07, 6.45) is 2.10. The van der Waals surface area contributed by atoms with Crippen molar-refractivity contribution in [3.8, 4) is 0 Å². The van der Waals surface area contributed by atoms with E-state index in [1.807, 2.05) is 24.3 Å². The van der Waals surface area contributed by atoms with Crippen molar-refractivity contribution < 1.29 is 14.3 Å². The number of hydrogen-bond acceptors (Lipinski definition) is 3. The third-order valence-electron chi connectivity index (χ3n) is 4.44. The number of morpholine rings is 1. The van der Waals surface area contributed by atoms with Crippen LogP contribution < -0.4 is 5.32 Å². The zero-order valence-corrected chi connectivity index (χ0v) is 15.0. The zero-order valence-electron chi connectivity index (χ0n) is 15.0. The largest absolute Gasteiger partial charge is 0.378 e. The van der Waals surface area contributed by atoms with Crippen LogP contribution >= 0.6 is 0 Å². The van der Waals surface area contributed by atoms with Crippen molar-refractivity contribution in [3.05, 3.63) is 65.2 Å². The second kappa shape index (κ2) is 8.63. The molecule has 136 valence electrons. The highest BCUT2D eigenvalue weighted by atomic mass is 16.5. The van der Waals surface area contributed by atoms with E-state index in [2.05, 4.69) is 12.2 Å². The van der Waals surface area contributed by atoms with Crippen molar-refractivity contribution in [2.24, 2.45) is 0 Å². The summed E-state index contributed by atoms with van der Waals surface area (Å²) in [6, 6.07) is 14.7. The lowest BCUT2D eigenvalue weighted by atomic mass is 10.1. The molecular formula is C21H24N2O3. The van der Waals surface area contributed by atoms with E-state index in [9.17, 15) is 9.59 Å². The molecule has 1 heterocycles. The molecule has 0 bridgehead atoms. The average molecular weight is 352 g/mol. The molecule has 0 saturated carbocycles. The molecule has 1 fully saturated rings. The van der Waals surface area contributed by atoms with Gasteiger partial charge in [-0.05, 0) is 48.4 Å². The first-order valence-electron chi connectivity index (χ1n) is 9.05. The standard InChI is InChI=1S/C21H24N2O3/c1-2-3-16-4-6-17(7-5-16)20(24)22-19-10-8-18(9-11-19)21(25)23-12-14-26-15-13-23/h4-11H,2-3,12-15H2,1H3,(H,22,24). The van der Waals surface area contributed by atoms with E-state index in [-0.39, 0.29) is 11.8 Å². The van der Waals surface area contributed by atoms with Crippen molar-refractivity contribution >= 4 is 17.5 Å². The highest BCUT2D eigenvalue weighted by Crippen LogP contribution is 2.14. The van der Waals surface area contributed by atoms with Crippen LogP contribution in [0.2, 0.25) is 0 Å². The maximum absolute atomic E-state index is 12.4. The molecule has 2 aromatic rings. The number of nitrogens with one attached hydrogen (secondary N) is 1. The number of amides is 2. The van der Waals surface area contributed by atoms with Crippen molar-refractivity contribution in [1.82, 2.24) is 4.90 Å². The van der Waals surface area contributed by atoms with Gasteiger partial charge in [-0.3, -0.25) is 9.59 Å². The third-order valence-corrected chi connectivity index (χ3v) is 4.44. The molecule has 0 unspecified atom stereocenters. The summed E-state index contributed by atoms with van der Waals surface area (Å²) in [4.78, 5) is 26.6. The van der Waals surface area contributed by atoms with Gasteiger partial charge in [0.2, 0.25) is 0 Å². The van der Waals surface area contributed by atoms with Crippen molar-refractivity contribution in [2.45, 2.75) is 19.8 Å². The van der Waals surface area contributed by atoms with Gasteiger partial charge in [0.15, 0.2) is 0 Å². The zero-order chi connectivity index (χ0) is 18.4. The number of anilines is 1. The molecule has 26 heavy (non-hydrogen) atoms. The smallest absolute Gasteiger partial charge is 0.255 e. The van der Waals surface area contributed by atoms with Gasteiger partial charge in [-0.25, -0.2) is 0 Å². The van der Waals surface area contributed by atoms with E-state index >= 15 is 0 Å². The average Bonchev–Trinajstić information content (AvgIpc) is 2.69. The minimum Gasteiger partial charge on any atom is -0.378 e. The molecule has 1 aliphatic rings. The topological polar surface area (TPSA) is 58.6 Å². The Kier molecular flexibility index (Phi) is 6.02. The maximum atomic E-state index is 12.4. The molecule has 0 radical (unpaired) electrons. The Labute approximate surface area is 154 Å². The fraction of sp³-hybridized carbons (Fsp3) is 0.333. The van der Waals surface area contributed by atoms with Crippen LogP contribution in [0.15, 0.2) is 48.5 Å². The highest BCUT2D eigenvalue weighted by Gasteiger charge is 2.18. The Hall–Kier alpha value is -2.66. The van der Waals surface area contributed by atoms with Gasteiger partial charge in [-0.15, -0.1) is 0 Å². The third kappa shape index (κ3) is 4.49. The number of carbonyl (C=O) groups is 2. The summed E-state index contributed by atoms with van der Waals surface area (Å²) in [7, 11) is 0. The number of ether oxygens (including phenoxy) is 1. The second-order valence-electron chi connectivity index (χ2n) is 6.38. The van der Waals surface area contributed by atoms with Crippen molar-refractivity contribution in [3.63, 3.8) is 0 Å². The highest BCUT2D eigenvalue weighted by molar-refractivity contribution is 6.04. The van der Waals surface area contributed by atoms with Crippen LogP contribution in [-0.2, 0) is 11.2 Å². The minimum atomic E-state index is -0.152. The van der Waals surface area contributed by atoms with Crippen LogP contribution in [0, 0.1) is 0 Å². The maximum Gasteiger partial charge on any atom is 0.255 e. The fourth-order valence-electron chi connectivity index (χ4n) is 2.96. The molecule has 0 aromatic heterocycles. The molecule has 1 saturated heterocycles. The molecule has 5 heteroatoms. The first-order valence-corrected chi connectivity index (χ1v) is 9.05. The van der Waals surface area contributed by atoms with Gasteiger partial charge in [-0.2, -0.15) is 0 Å². The summed E-state index contributed by atoms with van der Waals surface area (Å²) in [5.41, 5.74) is 3.15. The van der Waals surface area contributed by atoms with Crippen LogP contribution in [0.1, 0.15) is 39.6 Å². The molecule has 0 spiro atoms. The second-order valence-corrected chi connectivity index (χ2v) is 6.38. The van der Waals surface area contributed by atoms with Crippen LogP contribution in [-0.4, -0.2) is 43.0 Å². The normalized spacial score (nSPS) is 14.1. The van der Waals surface area contributed by atoms with Gasteiger partial charge in [0.25, 0.3) is 11.8 Å². The monoisotopic (exact) mass is 352 g/mol. The molecule has 2 aromatic carbocycles. The Bertz CT molecular complexity index is 748. The Balaban J connectivity index is 1.61. The van der Waals surface area contributed by atoms with Gasteiger partial charge in [-0.1, -0.05) is 25.5 Å². The Morgan fingerprint density at radius 2 is 1.58 bits per heavy atom. The van der Waals surface area contributed by atoms with Crippen LogP contribution in [0.25, 0.3) is 0 Å².